The third kappa shape index (κ3) is 2.40. The minimum absolute atomic E-state index is 0.0440. The van der Waals surface area contributed by atoms with Gasteiger partial charge in [-0.1, -0.05) is 0 Å². The van der Waals surface area contributed by atoms with E-state index in [1.807, 2.05) is 0 Å². The Morgan fingerprint density at radius 2 is 2.00 bits per heavy atom. The van der Waals surface area contributed by atoms with Crippen molar-refractivity contribution in [1.82, 2.24) is 19.5 Å². The molecule has 7 N–H and O–H groups in total. The zero-order valence-electron chi connectivity index (χ0n) is 12.5. The van der Waals surface area contributed by atoms with Gasteiger partial charge in [-0.15, -0.1) is 0 Å². The van der Waals surface area contributed by atoms with Gasteiger partial charge in [-0.05, 0) is 0 Å². The number of nitrogens with zero attached hydrogens (tertiary/aromatic N) is 3. The van der Waals surface area contributed by atoms with Gasteiger partial charge in [0.25, 0.3) is 11.6 Å². The van der Waals surface area contributed by atoms with Crippen LogP contribution < -0.4 is 16.0 Å². The van der Waals surface area contributed by atoms with Crippen LogP contribution in [0.3, 0.4) is 0 Å². The maximum absolute atomic E-state index is 12.0. The first kappa shape index (κ1) is 16.6. The highest BCUT2D eigenvalue weighted by Crippen LogP contribution is 2.32. The molecule has 2 aromatic rings. The number of aliphatic hydroxyl groups excluding tert-OH is 4. The van der Waals surface area contributed by atoms with E-state index in [1.165, 1.54) is 7.11 Å². The number of anilines is 1. The molecule has 0 aromatic carbocycles. The lowest BCUT2D eigenvalue weighted by Crippen LogP contribution is -2.56. The third-order valence-corrected chi connectivity index (χ3v) is 3.87. The average Bonchev–Trinajstić information content (AvgIpc) is 2.90. The van der Waals surface area contributed by atoms with Crippen molar-refractivity contribution in [2.24, 2.45) is 0 Å². The minimum atomic E-state index is -1.61. The molecule has 2 aromatic heterocycles. The molecule has 12 nitrogen and oxygen atoms in total. The predicted octanol–water partition coefficient (Wildman–Crippen LogP) is -3.32. The van der Waals surface area contributed by atoms with Crippen LogP contribution in [0.4, 0.5) is 5.95 Å². The molecule has 1 aliphatic heterocycles. The second-order valence-corrected chi connectivity index (χ2v) is 5.31. The van der Waals surface area contributed by atoms with E-state index in [1.54, 1.807) is 0 Å². The first-order valence-electron chi connectivity index (χ1n) is 7.01. The summed E-state index contributed by atoms with van der Waals surface area (Å²) in [6.07, 6.45) is -7.21. The highest BCUT2D eigenvalue weighted by molar-refractivity contribution is 5.73. The summed E-state index contributed by atoms with van der Waals surface area (Å²) in [6, 6.07) is -0.113. The van der Waals surface area contributed by atoms with E-state index < -0.39 is 42.8 Å². The van der Waals surface area contributed by atoms with Crippen LogP contribution in [0.5, 0.6) is 6.01 Å². The summed E-state index contributed by atoms with van der Waals surface area (Å²) >= 11 is 0. The van der Waals surface area contributed by atoms with Crippen molar-refractivity contribution in [3.63, 3.8) is 0 Å². The molecule has 0 radical (unpaired) electrons. The molecule has 0 bridgehead atoms. The zero-order valence-corrected chi connectivity index (χ0v) is 12.5. The molecule has 3 heterocycles. The van der Waals surface area contributed by atoms with E-state index >= 15 is 0 Å². The first-order valence-corrected chi connectivity index (χ1v) is 7.01. The highest BCUT2D eigenvalue weighted by atomic mass is 16.6. The number of methoxy groups -OCH3 is 1. The molecular weight excluding hydrogens is 326 g/mol. The van der Waals surface area contributed by atoms with Crippen molar-refractivity contribution in [3.8, 4) is 6.01 Å². The molecule has 12 heteroatoms. The molecule has 0 saturated carbocycles. The number of nitrogens with one attached hydrogen (secondary N) is 1. The van der Waals surface area contributed by atoms with Gasteiger partial charge in [0.1, 0.15) is 24.4 Å². The monoisotopic (exact) mass is 343 g/mol. The van der Waals surface area contributed by atoms with Crippen LogP contribution in [0, 0.1) is 0 Å². The zero-order chi connectivity index (χ0) is 17.6. The highest BCUT2D eigenvalue weighted by Gasteiger charge is 2.45. The fraction of sp³-hybridized carbons (Fsp3) is 0.583. The normalized spacial score (nSPS) is 30.6. The summed E-state index contributed by atoms with van der Waals surface area (Å²) in [7, 11) is 1.29. The Hall–Kier alpha value is -2.25. The number of nitrogen functional groups attached to an aromatic ring is 1. The van der Waals surface area contributed by atoms with E-state index in [9.17, 15) is 25.2 Å². The molecule has 24 heavy (non-hydrogen) atoms. The number of hydrogen-bond donors (Lipinski definition) is 6. The fourth-order valence-electron chi connectivity index (χ4n) is 2.62. The maximum atomic E-state index is 12.0. The van der Waals surface area contributed by atoms with Gasteiger partial charge in [0.15, 0.2) is 17.4 Å². The van der Waals surface area contributed by atoms with Gasteiger partial charge in [-0.3, -0.25) is 14.3 Å². The van der Waals surface area contributed by atoms with Crippen LogP contribution in [0.1, 0.15) is 6.23 Å². The summed E-state index contributed by atoms with van der Waals surface area (Å²) in [4.78, 5) is 22.2. The summed E-state index contributed by atoms with van der Waals surface area (Å²) < 4.78 is 11.4. The number of ether oxygens (including phenoxy) is 2. The van der Waals surface area contributed by atoms with Crippen LogP contribution in [0.25, 0.3) is 11.2 Å². The minimum Gasteiger partial charge on any atom is -0.468 e. The van der Waals surface area contributed by atoms with E-state index in [0.29, 0.717) is 0 Å². The first-order chi connectivity index (χ1) is 11.4. The second-order valence-electron chi connectivity index (χ2n) is 5.31. The van der Waals surface area contributed by atoms with Gasteiger partial charge < -0.3 is 35.6 Å². The Bertz CT molecular complexity index is 803. The molecule has 0 amide bonds. The van der Waals surface area contributed by atoms with Gasteiger partial charge >= 0.3 is 0 Å². The third-order valence-electron chi connectivity index (χ3n) is 3.87. The Kier molecular flexibility index (Phi) is 4.15. The summed E-state index contributed by atoms with van der Waals surface area (Å²) in [5, 5.41) is 39.2. The van der Waals surface area contributed by atoms with Crippen LogP contribution in [-0.2, 0) is 4.74 Å². The lowest BCUT2D eigenvalue weighted by molar-refractivity contribution is -0.250. The van der Waals surface area contributed by atoms with Crippen molar-refractivity contribution in [2.75, 3.05) is 19.5 Å². The lowest BCUT2D eigenvalue weighted by Gasteiger charge is -2.40. The van der Waals surface area contributed by atoms with Gasteiger partial charge in [0.05, 0.1) is 13.7 Å². The Labute approximate surface area is 134 Å². The molecular formula is C12H17N5O7. The molecule has 0 spiro atoms. The molecule has 1 saturated heterocycles. The van der Waals surface area contributed by atoms with E-state index in [4.69, 9.17) is 15.2 Å². The second kappa shape index (κ2) is 5.99. The smallest absolute Gasteiger partial charge is 0.298 e. The number of rotatable bonds is 3. The SMILES string of the molecule is COc1nc2c(nc(N)n2[C@@H]2O[C@H](CO)[C@@H](O)[C@H](O)[C@H]2O)c(=O)[nH]1. The largest absolute Gasteiger partial charge is 0.468 e. The molecule has 1 aliphatic rings. The summed E-state index contributed by atoms with van der Waals surface area (Å²) in [5.74, 6) is -0.208. The number of aromatic amines is 1. The number of aromatic nitrogens is 4. The van der Waals surface area contributed by atoms with Crippen LogP contribution >= 0.6 is 0 Å². The van der Waals surface area contributed by atoms with Crippen molar-refractivity contribution in [2.45, 2.75) is 30.6 Å². The lowest BCUT2D eigenvalue weighted by atomic mass is 9.98. The Balaban J connectivity index is 2.16. The van der Waals surface area contributed by atoms with Gasteiger partial charge in [-0.25, -0.2) is 4.98 Å². The average molecular weight is 343 g/mol. The van der Waals surface area contributed by atoms with E-state index in [-0.39, 0.29) is 23.1 Å². The molecule has 132 valence electrons. The van der Waals surface area contributed by atoms with Crippen molar-refractivity contribution < 1.29 is 29.9 Å². The summed E-state index contributed by atoms with van der Waals surface area (Å²) in [5.41, 5.74) is 5.01. The number of fused-ring (bicyclic) bond motifs is 1. The molecule has 3 rings (SSSR count). The van der Waals surface area contributed by atoms with Crippen LogP contribution in [-0.4, -0.2) is 78.1 Å². The summed E-state index contributed by atoms with van der Waals surface area (Å²) in [6.45, 7) is -0.606. The maximum Gasteiger partial charge on any atom is 0.298 e. The molecule has 5 atom stereocenters. The van der Waals surface area contributed by atoms with E-state index in [2.05, 4.69) is 15.0 Å². The van der Waals surface area contributed by atoms with Crippen LogP contribution in [0.2, 0.25) is 0 Å². The Morgan fingerprint density at radius 3 is 2.62 bits per heavy atom. The number of hydrogen-bond acceptors (Lipinski definition) is 10. The standard InChI is InChI=1S/C12H17N5O7/c1-23-12-15-8-4(9(22)16-12)14-11(13)17(8)10-7(21)6(20)5(19)3(2-18)24-10/h3,5-7,10,18-21H,2H2,1H3,(H2,13,14)(H,15,16,22)/t3-,5-,6+,7-,10-/m1/s1. The fourth-order valence-corrected chi connectivity index (χ4v) is 2.62. The number of imidazole rings is 1. The van der Waals surface area contributed by atoms with E-state index in [0.717, 1.165) is 4.57 Å². The van der Waals surface area contributed by atoms with Crippen molar-refractivity contribution in [1.29, 1.82) is 0 Å². The van der Waals surface area contributed by atoms with Crippen molar-refractivity contribution in [3.05, 3.63) is 10.4 Å². The van der Waals surface area contributed by atoms with Gasteiger partial charge in [0, 0.05) is 0 Å². The Morgan fingerprint density at radius 1 is 1.29 bits per heavy atom. The molecule has 0 aliphatic carbocycles. The molecule has 1 fully saturated rings. The quantitative estimate of drug-likeness (QED) is 0.329. The predicted molar refractivity (Wildman–Crippen MR) is 78.1 cm³/mol. The number of nitrogens with two attached hydrogens (primary N) is 1. The van der Waals surface area contributed by atoms with Crippen molar-refractivity contribution >= 4 is 17.1 Å². The topological polar surface area (TPSA) is 189 Å². The number of H-pyrrole nitrogens is 1. The molecule has 0 unspecified atom stereocenters. The van der Waals surface area contributed by atoms with Crippen LogP contribution in [0.15, 0.2) is 4.79 Å². The van der Waals surface area contributed by atoms with Gasteiger partial charge in [0.2, 0.25) is 5.95 Å². The van der Waals surface area contributed by atoms with Gasteiger partial charge in [-0.2, -0.15) is 4.98 Å². The number of aliphatic hydroxyl groups is 4.